The highest BCUT2D eigenvalue weighted by atomic mass is 79.9. The van der Waals surface area contributed by atoms with Crippen molar-refractivity contribution in [1.82, 2.24) is 10.2 Å². The zero-order valence-electron chi connectivity index (χ0n) is 11.8. The van der Waals surface area contributed by atoms with Crippen molar-refractivity contribution in [3.05, 3.63) is 70.1 Å². The molecule has 1 N–H and O–H groups in total. The van der Waals surface area contributed by atoms with Gasteiger partial charge in [0.25, 0.3) is 5.91 Å². The van der Waals surface area contributed by atoms with Crippen LogP contribution in [0.5, 0.6) is 5.75 Å². The van der Waals surface area contributed by atoms with Gasteiger partial charge >= 0.3 is 0 Å². The SMILES string of the molecule is O=C(Nc1nncs1)C(Oc1ccccc1Br)c1ccccc1. The number of hydrogen-bond acceptors (Lipinski definition) is 5. The molecule has 0 radical (unpaired) electrons. The van der Waals surface area contributed by atoms with E-state index >= 15 is 0 Å². The Morgan fingerprint density at radius 2 is 1.87 bits per heavy atom. The van der Waals surface area contributed by atoms with E-state index in [1.165, 1.54) is 11.3 Å². The Hall–Kier alpha value is -2.25. The molecule has 0 saturated heterocycles. The van der Waals surface area contributed by atoms with Crippen molar-refractivity contribution in [1.29, 1.82) is 0 Å². The first-order valence-electron chi connectivity index (χ1n) is 6.77. The maximum absolute atomic E-state index is 12.6. The maximum atomic E-state index is 12.6. The molecule has 0 aliphatic carbocycles. The third-order valence-electron chi connectivity index (χ3n) is 3.01. The Morgan fingerprint density at radius 3 is 2.57 bits per heavy atom. The quantitative estimate of drug-likeness (QED) is 0.714. The second kappa shape index (κ2) is 7.34. The summed E-state index contributed by atoms with van der Waals surface area (Å²) in [7, 11) is 0. The molecule has 7 heteroatoms. The first-order chi connectivity index (χ1) is 11.2. The monoisotopic (exact) mass is 389 g/mol. The molecular formula is C16H12BrN3O2S. The van der Waals surface area contributed by atoms with Crippen LogP contribution in [0.4, 0.5) is 5.13 Å². The van der Waals surface area contributed by atoms with Crippen LogP contribution in [0.25, 0.3) is 0 Å². The third-order valence-corrected chi connectivity index (χ3v) is 4.27. The Balaban J connectivity index is 1.88. The minimum atomic E-state index is -0.793. The van der Waals surface area contributed by atoms with Crippen molar-refractivity contribution < 1.29 is 9.53 Å². The van der Waals surface area contributed by atoms with Crippen molar-refractivity contribution in [3.63, 3.8) is 0 Å². The fraction of sp³-hybridized carbons (Fsp3) is 0.0625. The molecule has 0 bridgehead atoms. The van der Waals surface area contributed by atoms with Crippen LogP contribution in [0.2, 0.25) is 0 Å². The van der Waals surface area contributed by atoms with E-state index in [0.717, 1.165) is 10.0 Å². The summed E-state index contributed by atoms with van der Waals surface area (Å²) in [5.41, 5.74) is 2.31. The van der Waals surface area contributed by atoms with Gasteiger partial charge in [-0.05, 0) is 28.1 Å². The molecule has 0 aliphatic heterocycles. The number of nitrogens with one attached hydrogen (secondary N) is 1. The zero-order chi connectivity index (χ0) is 16.1. The zero-order valence-corrected chi connectivity index (χ0v) is 14.3. The summed E-state index contributed by atoms with van der Waals surface area (Å²) in [6.07, 6.45) is -0.793. The van der Waals surface area contributed by atoms with E-state index in [0.29, 0.717) is 10.9 Å². The van der Waals surface area contributed by atoms with Gasteiger partial charge in [0.1, 0.15) is 11.3 Å². The average Bonchev–Trinajstić information content (AvgIpc) is 3.08. The number of nitrogens with zero attached hydrogens (tertiary/aromatic N) is 2. The standard InChI is InChI=1S/C16H12BrN3O2S/c17-12-8-4-5-9-13(12)22-14(11-6-2-1-3-7-11)15(21)19-16-20-18-10-23-16/h1-10,14H,(H,19,20,21). The lowest BCUT2D eigenvalue weighted by Gasteiger charge is -2.19. The molecule has 1 heterocycles. The van der Waals surface area contributed by atoms with Crippen LogP contribution in [0, 0.1) is 0 Å². The molecule has 1 atom stereocenters. The minimum absolute atomic E-state index is 0.302. The molecule has 1 unspecified atom stereocenters. The van der Waals surface area contributed by atoms with E-state index in [1.807, 2.05) is 48.5 Å². The number of carbonyl (C=O) groups is 1. The molecule has 1 aromatic heterocycles. The van der Waals surface area contributed by atoms with Gasteiger partial charge in [0.2, 0.25) is 11.2 Å². The second-order valence-electron chi connectivity index (χ2n) is 4.57. The van der Waals surface area contributed by atoms with E-state index in [1.54, 1.807) is 11.6 Å². The summed E-state index contributed by atoms with van der Waals surface area (Å²) in [6.45, 7) is 0. The highest BCUT2D eigenvalue weighted by molar-refractivity contribution is 9.10. The van der Waals surface area contributed by atoms with Crippen LogP contribution in [-0.4, -0.2) is 16.1 Å². The maximum Gasteiger partial charge on any atom is 0.272 e. The second-order valence-corrected chi connectivity index (χ2v) is 6.26. The predicted molar refractivity (Wildman–Crippen MR) is 92.5 cm³/mol. The smallest absolute Gasteiger partial charge is 0.272 e. The van der Waals surface area contributed by atoms with E-state index in [-0.39, 0.29) is 5.91 Å². The molecule has 116 valence electrons. The van der Waals surface area contributed by atoms with Crippen molar-refractivity contribution in [2.24, 2.45) is 0 Å². The molecule has 0 aliphatic rings. The fourth-order valence-electron chi connectivity index (χ4n) is 1.97. The van der Waals surface area contributed by atoms with Crippen LogP contribution in [-0.2, 0) is 4.79 Å². The number of amides is 1. The van der Waals surface area contributed by atoms with Gasteiger partial charge in [0, 0.05) is 5.56 Å². The summed E-state index contributed by atoms with van der Waals surface area (Å²) in [6, 6.07) is 16.7. The lowest BCUT2D eigenvalue weighted by Crippen LogP contribution is -2.25. The summed E-state index contributed by atoms with van der Waals surface area (Å²) >= 11 is 4.68. The van der Waals surface area contributed by atoms with E-state index < -0.39 is 6.10 Å². The lowest BCUT2D eigenvalue weighted by molar-refractivity contribution is -0.123. The van der Waals surface area contributed by atoms with Crippen LogP contribution in [0.1, 0.15) is 11.7 Å². The number of halogens is 1. The Kier molecular flexibility index (Phi) is 4.99. The van der Waals surface area contributed by atoms with Gasteiger partial charge in [-0.15, -0.1) is 10.2 Å². The fourth-order valence-corrected chi connectivity index (χ4v) is 2.79. The molecule has 3 rings (SSSR count). The minimum Gasteiger partial charge on any atom is -0.475 e. The number of para-hydroxylation sites is 1. The number of rotatable bonds is 5. The van der Waals surface area contributed by atoms with Gasteiger partial charge in [-0.1, -0.05) is 53.8 Å². The number of hydrogen-bond donors (Lipinski definition) is 1. The number of benzene rings is 2. The Bertz CT molecular complexity index is 781. The van der Waals surface area contributed by atoms with Crippen LogP contribution < -0.4 is 10.1 Å². The van der Waals surface area contributed by atoms with Gasteiger partial charge in [0.15, 0.2) is 0 Å². The molecule has 3 aromatic rings. The number of anilines is 1. The van der Waals surface area contributed by atoms with Crippen molar-refractivity contribution >= 4 is 38.3 Å². The highest BCUT2D eigenvalue weighted by Gasteiger charge is 2.24. The van der Waals surface area contributed by atoms with Gasteiger partial charge in [0.05, 0.1) is 4.47 Å². The number of aromatic nitrogens is 2. The van der Waals surface area contributed by atoms with Gasteiger partial charge < -0.3 is 4.74 Å². The van der Waals surface area contributed by atoms with Crippen molar-refractivity contribution in [3.8, 4) is 5.75 Å². The van der Waals surface area contributed by atoms with Crippen molar-refractivity contribution in [2.45, 2.75) is 6.10 Å². The normalized spacial score (nSPS) is 11.7. The molecule has 5 nitrogen and oxygen atoms in total. The molecule has 1 amide bonds. The first kappa shape index (κ1) is 15.6. The third kappa shape index (κ3) is 3.94. The molecule has 0 spiro atoms. The Morgan fingerprint density at radius 1 is 1.13 bits per heavy atom. The largest absolute Gasteiger partial charge is 0.475 e. The van der Waals surface area contributed by atoms with E-state index in [4.69, 9.17) is 4.74 Å². The molecular weight excluding hydrogens is 378 g/mol. The van der Waals surface area contributed by atoms with E-state index in [9.17, 15) is 4.79 Å². The number of ether oxygens (including phenoxy) is 1. The molecule has 0 saturated carbocycles. The topological polar surface area (TPSA) is 64.1 Å². The molecule has 2 aromatic carbocycles. The van der Waals surface area contributed by atoms with Crippen molar-refractivity contribution in [2.75, 3.05) is 5.32 Å². The highest BCUT2D eigenvalue weighted by Crippen LogP contribution is 2.30. The van der Waals surface area contributed by atoms with Gasteiger partial charge in [-0.2, -0.15) is 0 Å². The number of carbonyl (C=O) groups excluding carboxylic acids is 1. The van der Waals surface area contributed by atoms with Gasteiger partial charge in [-0.25, -0.2) is 0 Å². The van der Waals surface area contributed by atoms with E-state index in [2.05, 4.69) is 31.4 Å². The Labute approximate surface area is 145 Å². The predicted octanol–water partition coefficient (Wildman–Crippen LogP) is 4.06. The van der Waals surface area contributed by atoms with Gasteiger partial charge in [-0.3, -0.25) is 10.1 Å². The summed E-state index contributed by atoms with van der Waals surface area (Å²) in [4.78, 5) is 12.6. The van der Waals surface area contributed by atoms with Crippen LogP contribution in [0.3, 0.4) is 0 Å². The summed E-state index contributed by atoms with van der Waals surface area (Å²) < 4.78 is 6.72. The molecule has 23 heavy (non-hydrogen) atoms. The molecule has 0 fully saturated rings. The first-order valence-corrected chi connectivity index (χ1v) is 8.44. The summed E-state index contributed by atoms with van der Waals surface area (Å²) in [5, 5.41) is 10.7. The van der Waals surface area contributed by atoms with Crippen LogP contribution in [0.15, 0.2) is 64.6 Å². The summed E-state index contributed by atoms with van der Waals surface area (Å²) in [5.74, 6) is 0.289. The lowest BCUT2D eigenvalue weighted by atomic mass is 10.1. The van der Waals surface area contributed by atoms with Crippen LogP contribution >= 0.6 is 27.3 Å². The average molecular weight is 390 g/mol.